The van der Waals surface area contributed by atoms with Gasteiger partial charge in [0, 0.05) is 16.6 Å². The summed E-state index contributed by atoms with van der Waals surface area (Å²) in [5, 5.41) is 3.97. The number of carbonyl (C=O) groups is 2. The number of halogens is 2. The first-order valence-corrected chi connectivity index (χ1v) is 9.36. The summed E-state index contributed by atoms with van der Waals surface area (Å²) in [5.41, 5.74) is 1.89. The quantitative estimate of drug-likeness (QED) is 0.744. The highest BCUT2D eigenvalue weighted by Crippen LogP contribution is 2.30. The van der Waals surface area contributed by atoms with E-state index in [1.807, 2.05) is 18.2 Å². The lowest BCUT2D eigenvalue weighted by Crippen LogP contribution is -2.34. The minimum absolute atomic E-state index is 0.226. The molecule has 7 heteroatoms. The highest BCUT2D eigenvalue weighted by atomic mass is 35.5. The molecule has 0 spiro atoms. The molecule has 1 amide bonds. The minimum Gasteiger partial charge on any atom is -0.492 e. The van der Waals surface area contributed by atoms with Crippen molar-refractivity contribution in [3.8, 4) is 5.75 Å². The van der Waals surface area contributed by atoms with Crippen LogP contribution in [0.4, 0.5) is 0 Å². The number of benzene rings is 2. The number of carbonyl (C=O) groups excluding carboxylic acids is 2. The number of amides is 1. The predicted octanol–water partition coefficient (Wildman–Crippen LogP) is 3.45. The maximum atomic E-state index is 12.2. The van der Waals surface area contributed by atoms with E-state index < -0.39 is 11.9 Å². The SMILES string of the molecule is O=C(COC(=O)[C@H]1COc2ccc(Cl)cc2C1)NCCc1cccc(Cl)c1. The standard InChI is InChI=1S/C20H19Cl2NO4/c21-16-3-1-2-13(8-16)6-7-23-19(24)12-27-20(25)15-9-14-10-17(22)4-5-18(14)26-11-15/h1-5,8,10,15H,6-7,9,11-12H2,(H,23,24)/t15-/m1/s1. The summed E-state index contributed by atoms with van der Waals surface area (Å²) in [4.78, 5) is 24.1. The molecule has 2 aromatic carbocycles. The van der Waals surface area contributed by atoms with E-state index in [0.717, 1.165) is 16.9 Å². The van der Waals surface area contributed by atoms with Gasteiger partial charge in [-0.15, -0.1) is 0 Å². The van der Waals surface area contributed by atoms with Crippen LogP contribution in [0.25, 0.3) is 0 Å². The zero-order valence-corrected chi connectivity index (χ0v) is 16.1. The zero-order chi connectivity index (χ0) is 19.2. The Balaban J connectivity index is 1.40. The van der Waals surface area contributed by atoms with Gasteiger partial charge in [0.25, 0.3) is 5.91 Å². The molecule has 27 heavy (non-hydrogen) atoms. The number of fused-ring (bicyclic) bond motifs is 1. The molecule has 0 bridgehead atoms. The third-order valence-electron chi connectivity index (χ3n) is 4.23. The Morgan fingerprint density at radius 3 is 2.78 bits per heavy atom. The molecule has 1 atom stereocenters. The van der Waals surface area contributed by atoms with Crippen LogP contribution in [0.3, 0.4) is 0 Å². The number of hydrogen-bond acceptors (Lipinski definition) is 4. The van der Waals surface area contributed by atoms with E-state index in [1.54, 1.807) is 24.3 Å². The van der Waals surface area contributed by atoms with Gasteiger partial charge in [0.2, 0.25) is 0 Å². The minimum atomic E-state index is -0.453. The van der Waals surface area contributed by atoms with E-state index in [4.69, 9.17) is 32.7 Å². The van der Waals surface area contributed by atoms with Gasteiger partial charge >= 0.3 is 5.97 Å². The fraction of sp³-hybridized carbons (Fsp3) is 0.300. The molecule has 0 saturated carbocycles. The highest BCUT2D eigenvalue weighted by molar-refractivity contribution is 6.30. The maximum absolute atomic E-state index is 12.2. The molecule has 1 heterocycles. The topological polar surface area (TPSA) is 64.6 Å². The van der Waals surface area contributed by atoms with Gasteiger partial charge in [-0.2, -0.15) is 0 Å². The molecule has 1 aliphatic heterocycles. The third-order valence-corrected chi connectivity index (χ3v) is 4.70. The van der Waals surface area contributed by atoms with Crippen LogP contribution in [0.5, 0.6) is 5.75 Å². The summed E-state index contributed by atoms with van der Waals surface area (Å²) in [7, 11) is 0. The molecule has 0 radical (unpaired) electrons. The first-order valence-electron chi connectivity index (χ1n) is 8.60. The molecule has 1 aliphatic rings. The van der Waals surface area contributed by atoms with E-state index in [9.17, 15) is 9.59 Å². The molecule has 0 aliphatic carbocycles. The lowest BCUT2D eigenvalue weighted by Gasteiger charge is -2.24. The average Bonchev–Trinajstić information content (AvgIpc) is 2.65. The molecule has 0 unspecified atom stereocenters. The molecule has 0 aromatic heterocycles. The molecule has 0 fully saturated rings. The molecular weight excluding hydrogens is 389 g/mol. The number of nitrogens with one attached hydrogen (secondary N) is 1. The van der Waals surface area contributed by atoms with Gasteiger partial charge in [0.05, 0.1) is 5.92 Å². The van der Waals surface area contributed by atoms with E-state index in [2.05, 4.69) is 5.32 Å². The smallest absolute Gasteiger partial charge is 0.313 e. The fourth-order valence-electron chi connectivity index (χ4n) is 2.86. The average molecular weight is 408 g/mol. The van der Waals surface area contributed by atoms with Crippen molar-refractivity contribution in [1.29, 1.82) is 0 Å². The summed E-state index contributed by atoms with van der Waals surface area (Å²) >= 11 is 11.9. The van der Waals surface area contributed by atoms with Crippen LogP contribution in [-0.2, 0) is 27.2 Å². The van der Waals surface area contributed by atoms with Gasteiger partial charge in [-0.3, -0.25) is 9.59 Å². The molecule has 2 aromatic rings. The molecule has 142 valence electrons. The Morgan fingerprint density at radius 1 is 1.15 bits per heavy atom. The van der Waals surface area contributed by atoms with Crippen LogP contribution in [0.15, 0.2) is 42.5 Å². The van der Waals surface area contributed by atoms with Gasteiger partial charge in [-0.25, -0.2) is 0 Å². The molecule has 0 saturated heterocycles. The predicted molar refractivity (Wildman–Crippen MR) is 103 cm³/mol. The second-order valence-electron chi connectivity index (χ2n) is 6.30. The Kier molecular flexibility index (Phi) is 6.58. The van der Waals surface area contributed by atoms with Crippen molar-refractivity contribution in [3.63, 3.8) is 0 Å². The normalized spacial score (nSPS) is 15.4. The number of ether oxygens (including phenoxy) is 2. The van der Waals surface area contributed by atoms with E-state index in [1.165, 1.54) is 0 Å². The largest absolute Gasteiger partial charge is 0.492 e. The van der Waals surface area contributed by atoms with E-state index in [-0.39, 0.29) is 19.1 Å². The third kappa shape index (κ3) is 5.62. The monoisotopic (exact) mass is 407 g/mol. The fourth-order valence-corrected chi connectivity index (χ4v) is 3.27. The summed E-state index contributed by atoms with van der Waals surface area (Å²) in [5.74, 6) is -0.520. The Hall–Kier alpha value is -2.24. The van der Waals surface area contributed by atoms with Crippen molar-refractivity contribution < 1.29 is 19.1 Å². The summed E-state index contributed by atoms with van der Waals surface area (Å²) in [6.07, 6.45) is 1.12. The lowest BCUT2D eigenvalue weighted by molar-refractivity contribution is -0.153. The van der Waals surface area contributed by atoms with Crippen molar-refractivity contribution in [3.05, 3.63) is 63.6 Å². The van der Waals surface area contributed by atoms with Crippen LogP contribution < -0.4 is 10.1 Å². The van der Waals surface area contributed by atoms with Crippen molar-refractivity contribution in [2.75, 3.05) is 19.8 Å². The molecule has 1 N–H and O–H groups in total. The van der Waals surface area contributed by atoms with Crippen LogP contribution in [0.1, 0.15) is 11.1 Å². The van der Waals surface area contributed by atoms with Gasteiger partial charge in [0.1, 0.15) is 12.4 Å². The van der Waals surface area contributed by atoms with Crippen LogP contribution in [0, 0.1) is 5.92 Å². The molecule has 5 nitrogen and oxygen atoms in total. The van der Waals surface area contributed by atoms with Crippen LogP contribution in [0.2, 0.25) is 10.0 Å². The van der Waals surface area contributed by atoms with Gasteiger partial charge in [-0.05, 0) is 54.3 Å². The molecular formula is C20H19Cl2NO4. The van der Waals surface area contributed by atoms with Crippen molar-refractivity contribution >= 4 is 35.1 Å². The first kappa shape index (κ1) is 19.5. The summed E-state index contributed by atoms with van der Waals surface area (Å²) in [6.45, 7) is 0.353. The van der Waals surface area contributed by atoms with Gasteiger partial charge < -0.3 is 14.8 Å². The lowest BCUT2D eigenvalue weighted by atomic mass is 9.97. The van der Waals surface area contributed by atoms with Gasteiger partial charge in [-0.1, -0.05) is 35.3 Å². The number of hydrogen-bond donors (Lipinski definition) is 1. The second kappa shape index (κ2) is 9.11. The molecule has 3 rings (SSSR count). The Morgan fingerprint density at radius 2 is 1.96 bits per heavy atom. The van der Waals surface area contributed by atoms with Crippen molar-refractivity contribution in [2.45, 2.75) is 12.8 Å². The summed E-state index contributed by atoms with van der Waals surface area (Å²) in [6, 6.07) is 12.7. The highest BCUT2D eigenvalue weighted by Gasteiger charge is 2.27. The first-order chi connectivity index (χ1) is 13.0. The second-order valence-corrected chi connectivity index (χ2v) is 7.17. The van der Waals surface area contributed by atoms with Crippen LogP contribution in [-0.4, -0.2) is 31.6 Å². The maximum Gasteiger partial charge on any atom is 0.313 e. The number of rotatable bonds is 6. The number of esters is 1. The zero-order valence-electron chi connectivity index (χ0n) is 14.5. The van der Waals surface area contributed by atoms with E-state index in [0.29, 0.717) is 29.4 Å². The van der Waals surface area contributed by atoms with Crippen LogP contribution >= 0.6 is 23.2 Å². The summed E-state index contributed by atoms with van der Waals surface area (Å²) < 4.78 is 10.7. The van der Waals surface area contributed by atoms with E-state index >= 15 is 0 Å². The van der Waals surface area contributed by atoms with Crippen molar-refractivity contribution in [2.24, 2.45) is 5.92 Å². The van der Waals surface area contributed by atoms with Crippen molar-refractivity contribution in [1.82, 2.24) is 5.32 Å². The van der Waals surface area contributed by atoms with Gasteiger partial charge in [0.15, 0.2) is 6.61 Å². The Labute approximate surface area is 167 Å². The Bertz CT molecular complexity index is 840.